The average Bonchev–Trinajstić information content (AvgIpc) is 3.25. The first kappa shape index (κ1) is 18.9. The number of hydrogen-bond donors (Lipinski definition) is 0. The SMILES string of the molecule is COc1cc(Br)c(C2SCC(=O)N2CCCN2CCCC2)cc1OC. The number of carbonyl (C=O) groups excluding carboxylic acids is 1. The van der Waals surface area contributed by atoms with Gasteiger partial charge in [0.1, 0.15) is 5.37 Å². The molecular weight excluding hydrogens is 404 g/mol. The van der Waals surface area contributed by atoms with Crippen LogP contribution in [-0.2, 0) is 4.79 Å². The molecule has 0 aliphatic carbocycles. The van der Waals surface area contributed by atoms with E-state index in [1.54, 1.807) is 26.0 Å². The van der Waals surface area contributed by atoms with Gasteiger partial charge in [0, 0.05) is 16.6 Å². The standard InChI is InChI=1S/C18H25BrN2O3S/c1-23-15-10-13(14(19)11-16(15)24-2)18-21(17(22)12-25-18)9-5-8-20-6-3-4-7-20/h10-11,18H,3-9,12H2,1-2H3. The molecule has 1 aromatic rings. The van der Waals surface area contributed by atoms with Crippen LogP contribution in [0.1, 0.15) is 30.2 Å². The number of amides is 1. The van der Waals surface area contributed by atoms with Crippen LogP contribution >= 0.6 is 27.7 Å². The van der Waals surface area contributed by atoms with Crippen LogP contribution in [0.2, 0.25) is 0 Å². The number of halogens is 1. The number of ether oxygens (including phenoxy) is 2. The summed E-state index contributed by atoms with van der Waals surface area (Å²) in [6, 6.07) is 3.90. The monoisotopic (exact) mass is 428 g/mol. The van der Waals surface area contributed by atoms with E-state index >= 15 is 0 Å². The van der Waals surface area contributed by atoms with Gasteiger partial charge in [0.05, 0.1) is 20.0 Å². The van der Waals surface area contributed by atoms with Crippen LogP contribution < -0.4 is 9.47 Å². The molecule has 0 spiro atoms. The number of benzene rings is 1. The molecule has 2 fully saturated rings. The Morgan fingerprint density at radius 2 is 1.84 bits per heavy atom. The third-order valence-corrected chi connectivity index (χ3v) is 6.73. The highest BCUT2D eigenvalue weighted by Crippen LogP contribution is 2.45. The summed E-state index contributed by atoms with van der Waals surface area (Å²) in [5.41, 5.74) is 1.06. The molecule has 138 valence electrons. The Morgan fingerprint density at radius 1 is 1.16 bits per heavy atom. The van der Waals surface area contributed by atoms with Crippen molar-refractivity contribution in [3.8, 4) is 11.5 Å². The highest BCUT2D eigenvalue weighted by Gasteiger charge is 2.34. The zero-order valence-electron chi connectivity index (χ0n) is 14.8. The number of likely N-dealkylation sites (tertiary alicyclic amines) is 1. The van der Waals surface area contributed by atoms with Gasteiger partial charge in [-0.2, -0.15) is 0 Å². The summed E-state index contributed by atoms with van der Waals surface area (Å²) in [5.74, 6) is 2.14. The molecule has 3 rings (SSSR count). The molecule has 2 aliphatic heterocycles. The molecule has 2 aliphatic rings. The Bertz CT molecular complexity index is 623. The van der Waals surface area contributed by atoms with Gasteiger partial charge in [-0.25, -0.2) is 0 Å². The minimum Gasteiger partial charge on any atom is -0.493 e. The molecule has 1 aromatic carbocycles. The van der Waals surface area contributed by atoms with E-state index < -0.39 is 0 Å². The second-order valence-electron chi connectivity index (χ2n) is 6.38. The average molecular weight is 429 g/mol. The molecule has 2 heterocycles. The number of thioether (sulfide) groups is 1. The fourth-order valence-electron chi connectivity index (χ4n) is 3.48. The van der Waals surface area contributed by atoms with Crippen LogP contribution in [0, 0.1) is 0 Å². The first-order chi connectivity index (χ1) is 12.1. The van der Waals surface area contributed by atoms with Gasteiger partial charge < -0.3 is 19.3 Å². The van der Waals surface area contributed by atoms with Gasteiger partial charge in [0.15, 0.2) is 11.5 Å². The fourth-order valence-corrected chi connectivity index (χ4v) is 5.42. The lowest BCUT2D eigenvalue weighted by Crippen LogP contribution is -2.32. The van der Waals surface area contributed by atoms with Gasteiger partial charge in [-0.05, 0) is 51.0 Å². The number of nitrogens with zero attached hydrogens (tertiary/aromatic N) is 2. The molecule has 0 bridgehead atoms. The molecule has 0 radical (unpaired) electrons. The van der Waals surface area contributed by atoms with Crippen molar-refractivity contribution in [1.29, 1.82) is 0 Å². The maximum Gasteiger partial charge on any atom is 0.233 e. The molecular formula is C18H25BrN2O3S. The summed E-state index contributed by atoms with van der Waals surface area (Å²) in [7, 11) is 3.26. The van der Waals surface area contributed by atoms with E-state index in [1.165, 1.54) is 25.9 Å². The largest absolute Gasteiger partial charge is 0.493 e. The molecule has 1 amide bonds. The van der Waals surface area contributed by atoms with Crippen molar-refractivity contribution in [2.45, 2.75) is 24.6 Å². The molecule has 7 heteroatoms. The summed E-state index contributed by atoms with van der Waals surface area (Å²) < 4.78 is 11.7. The molecule has 1 atom stereocenters. The number of carbonyl (C=O) groups is 1. The lowest BCUT2D eigenvalue weighted by Gasteiger charge is -2.26. The van der Waals surface area contributed by atoms with Crippen molar-refractivity contribution in [2.24, 2.45) is 0 Å². The van der Waals surface area contributed by atoms with E-state index in [1.807, 2.05) is 17.0 Å². The molecule has 5 nitrogen and oxygen atoms in total. The second-order valence-corrected chi connectivity index (χ2v) is 8.30. The summed E-state index contributed by atoms with van der Waals surface area (Å²) >= 11 is 5.31. The fraction of sp³-hybridized carbons (Fsp3) is 0.611. The minimum atomic E-state index is 0.0280. The predicted molar refractivity (Wildman–Crippen MR) is 104 cm³/mol. The van der Waals surface area contributed by atoms with Crippen molar-refractivity contribution in [3.63, 3.8) is 0 Å². The Balaban J connectivity index is 1.72. The Kier molecular flexibility index (Phi) is 6.52. The summed E-state index contributed by atoms with van der Waals surface area (Å²) in [4.78, 5) is 16.9. The number of rotatable bonds is 7. The first-order valence-electron chi connectivity index (χ1n) is 8.69. The van der Waals surface area contributed by atoms with Crippen molar-refractivity contribution in [1.82, 2.24) is 9.80 Å². The number of methoxy groups -OCH3 is 2. The maximum absolute atomic E-state index is 12.4. The van der Waals surface area contributed by atoms with E-state index in [4.69, 9.17) is 9.47 Å². The van der Waals surface area contributed by atoms with Crippen molar-refractivity contribution < 1.29 is 14.3 Å². The van der Waals surface area contributed by atoms with Gasteiger partial charge in [-0.15, -0.1) is 11.8 Å². The van der Waals surface area contributed by atoms with E-state index in [0.717, 1.165) is 29.5 Å². The summed E-state index contributed by atoms with van der Waals surface area (Å²) in [6.07, 6.45) is 3.63. The van der Waals surface area contributed by atoms with Crippen LogP contribution in [0.15, 0.2) is 16.6 Å². The first-order valence-corrected chi connectivity index (χ1v) is 10.5. The van der Waals surface area contributed by atoms with Crippen molar-refractivity contribution in [3.05, 3.63) is 22.2 Å². The van der Waals surface area contributed by atoms with Crippen LogP contribution in [0.5, 0.6) is 11.5 Å². The zero-order valence-corrected chi connectivity index (χ0v) is 17.2. The lowest BCUT2D eigenvalue weighted by molar-refractivity contribution is -0.128. The van der Waals surface area contributed by atoms with E-state index in [2.05, 4.69) is 20.8 Å². The predicted octanol–water partition coefficient (Wildman–Crippen LogP) is 3.53. The highest BCUT2D eigenvalue weighted by molar-refractivity contribution is 9.10. The number of hydrogen-bond acceptors (Lipinski definition) is 5. The van der Waals surface area contributed by atoms with Gasteiger partial charge in [-0.3, -0.25) is 4.79 Å². The Hall–Kier alpha value is -0.920. The molecule has 0 N–H and O–H groups in total. The third kappa shape index (κ3) is 4.26. The van der Waals surface area contributed by atoms with Crippen LogP contribution in [0.3, 0.4) is 0 Å². The van der Waals surface area contributed by atoms with Crippen LogP contribution in [-0.4, -0.2) is 61.9 Å². The van der Waals surface area contributed by atoms with Gasteiger partial charge in [0.2, 0.25) is 5.91 Å². The van der Waals surface area contributed by atoms with Gasteiger partial charge >= 0.3 is 0 Å². The zero-order chi connectivity index (χ0) is 17.8. The summed E-state index contributed by atoms with van der Waals surface area (Å²) in [6.45, 7) is 4.28. The summed E-state index contributed by atoms with van der Waals surface area (Å²) in [5, 5.41) is 0.0280. The normalized spacial score (nSPS) is 21.2. The topological polar surface area (TPSA) is 42.0 Å². The van der Waals surface area contributed by atoms with E-state index in [0.29, 0.717) is 17.3 Å². The van der Waals surface area contributed by atoms with Gasteiger partial charge in [-0.1, -0.05) is 15.9 Å². The maximum atomic E-state index is 12.4. The van der Waals surface area contributed by atoms with E-state index in [9.17, 15) is 4.79 Å². The van der Waals surface area contributed by atoms with E-state index in [-0.39, 0.29) is 11.3 Å². The van der Waals surface area contributed by atoms with Crippen molar-refractivity contribution in [2.75, 3.05) is 46.2 Å². The molecule has 0 aromatic heterocycles. The minimum absolute atomic E-state index is 0.0280. The lowest BCUT2D eigenvalue weighted by atomic mass is 10.1. The third-order valence-electron chi connectivity index (χ3n) is 4.81. The van der Waals surface area contributed by atoms with Gasteiger partial charge in [0.25, 0.3) is 0 Å². The molecule has 2 saturated heterocycles. The highest BCUT2D eigenvalue weighted by atomic mass is 79.9. The van der Waals surface area contributed by atoms with Crippen LogP contribution in [0.4, 0.5) is 0 Å². The molecule has 0 saturated carbocycles. The Morgan fingerprint density at radius 3 is 2.52 bits per heavy atom. The quantitative estimate of drug-likeness (QED) is 0.664. The molecule has 25 heavy (non-hydrogen) atoms. The molecule has 1 unspecified atom stereocenters. The van der Waals surface area contributed by atoms with Crippen LogP contribution in [0.25, 0.3) is 0 Å². The smallest absolute Gasteiger partial charge is 0.233 e. The second kappa shape index (κ2) is 8.64. The Labute approximate surface area is 162 Å². The van der Waals surface area contributed by atoms with Crippen molar-refractivity contribution >= 4 is 33.6 Å².